The number of phenols is 1. The van der Waals surface area contributed by atoms with Gasteiger partial charge in [-0.15, -0.1) is 0 Å². The van der Waals surface area contributed by atoms with Gasteiger partial charge in [0, 0.05) is 12.2 Å². The van der Waals surface area contributed by atoms with Crippen molar-refractivity contribution in [1.29, 1.82) is 0 Å². The molecule has 2 rings (SSSR count). The van der Waals surface area contributed by atoms with Crippen LogP contribution in [0.3, 0.4) is 0 Å². The molecule has 4 unspecified atom stereocenters. The number of aliphatic hydroxyl groups excluding tert-OH is 1. The van der Waals surface area contributed by atoms with Crippen LogP contribution in [0.15, 0.2) is 0 Å². The topological polar surface area (TPSA) is 49.7 Å². The minimum Gasteiger partial charge on any atom is -0.507 e. The van der Waals surface area contributed by atoms with Gasteiger partial charge in [0.15, 0.2) is 0 Å². The molecule has 2 N–H and O–H groups in total. The summed E-state index contributed by atoms with van der Waals surface area (Å²) in [5, 5.41) is 19.5. The Kier molecular flexibility index (Phi) is 10.4. The van der Waals surface area contributed by atoms with E-state index < -0.39 is 0 Å². The van der Waals surface area contributed by atoms with Crippen LogP contribution in [-0.2, 0) is 6.42 Å². The number of phenolic OH excluding ortho intramolecular Hbond substituents is 1. The fraction of sp³-hybridized carbons (Fsp3) is 0.793. The second-order valence-corrected chi connectivity index (χ2v) is 11.3. The molecule has 1 aromatic carbocycles. The first-order chi connectivity index (χ1) is 15.1. The molecule has 3 nitrogen and oxygen atoms in total. The second kappa shape index (κ2) is 12.3. The maximum Gasteiger partial charge on any atom is 0.127 e. The van der Waals surface area contributed by atoms with Gasteiger partial charge in [0.1, 0.15) is 17.1 Å². The van der Waals surface area contributed by atoms with Gasteiger partial charge in [0.25, 0.3) is 0 Å². The summed E-state index contributed by atoms with van der Waals surface area (Å²) >= 11 is 0. The molecule has 0 aromatic heterocycles. The first-order valence-electron chi connectivity index (χ1n) is 13.2. The standard InChI is InChI=1S/C29H50O3/c1-20(13-9-14-22(3)19-30)11-8-12-21(2)15-10-17-29(7)18-16-26-25(6)27(31)23(4)24(5)28(26)32-29/h20-22,30-31H,8-19H2,1-7H3. The molecule has 0 radical (unpaired) electrons. The van der Waals surface area contributed by atoms with Crippen LogP contribution in [0.2, 0.25) is 0 Å². The minimum absolute atomic E-state index is 0.0897. The lowest BCUT2D eigenvalue weighted by Gasteiger charge is -2.38. The van der Waals surface area contributed by atoms with E-state index in [1.807, 2.05) is 13.8 Å². The number of aliphatic hydroxyl groups is 1. The summed E-state index contributed by atoms with van der Waals surface area (Å²) < 4.78 is 6.60. The summed E-state index contributed by atoms with van der Waals surface area (Å²) in [5.41, 5.74) is 4.17. The van der Waals surface area contributed by atoms with Crippen LogP contribution in [-0.4, -0.2) is 22.4 Å². The van der Waals surface area contributed by atoms with Crippen molar-refractivity contribution in [3.63, 3.8) is 0 Å². The Bertz CT molecular complexity index is 726. The number of benzene rings is 1. The Morgan fingerprint density at radius 1 is 0.812 bits per heavy atom. The van der Waals surface area contributed by atoms with E-state index in [0.717, 1.165) is 60.0 Å². The number of hydrogen-bond donors (Lipinski definition) is 2. The van der Waals surface area contributed by atoms with Crippen LogP contribution in [0.25, 0.3) is 0 Å². The number of hydrogen-bond acceptors (Lipinski definition) is 3. The van der Waals surface area contributed by atoms with E-state index in [1.165, 1.54) is 50.5 Å². The quantitative estimate of drug-likeness (QED) is 0.325. The van der Waals surface area contributed by atoms with Crippen LogP contribution >= 0.6 is 0 Å². The van der Waals surface area contributed by atoms with Gasteiger partial charge in [0.2, 0.25) is 0 Å². The monoisotopic (exact) mass is 446 g/mol. The van der Waals surface area contributed by atoms with Crippen molar-refractivity contribution in [1.82, 2.24) is 0 Å². The Labute approximate surface area is 198 Å². The fourth-order valence-corrected chi connectivity index (χ4v) is 5.30. The molecule has 1 aliphatic heterocycles. The highest BCUT2D eigenvalue weighted by Crippen LogP contribution is 2.44. The van der Waals surface area contributed by atoms with E-state index >= 15 is 0 Å². The van der Waals surface area contributed by atoms with E-state index in [9.17, 15) is 5.11 Å². The van der Waals surface area contributed by atoms with E-state index in [-0.39, 0.29) is 5.60 Å². The molecule has 0 saturated heterocycles. The molecule has 0 bridgehead atoms. The maximum atomic E-state index is 10.4. The highest BCUT2D eigenvalue weighted by Gasteiger charge is 2.34. The molecule has 0 amide bonds. The van der Waals surface area contributed by atoms with Gasteiger partial charge in [-0.2, -0.15) is 0 Å². The Morgan fingerprint density at radius 3 is 1.91 bits per heavy atom. The first-order valence-corrected chi connectivity index (χ1v) is 13.2. The summed E-state index contributed by atoms with van der Waals surface area (Å²) in [5.74, 6) is 3.50. The summed E-state index contributed by atoms with van der Waals surface area (Å²) in [6, 6.07) is 0. The largest absolute Gasteiger partial charge is 0.507 e. The van der Waals surface area contributed by atoms with Crippen molar-refractivity contribution in [3.8, 4) is 11.5 Å². The van der Waals surface area contributed by atoms with Crippen molar-refractivity contribution in [2.75, 3.05) is 6.61 Å². The fourth-order valence-electron chi connectivity index (χ4n) is 5.30. The van der Waals surface area contributed by atoms with Gasteiger partial charge in [0.05, 0.1) is 0 Å². The lowest BCUT2D eigenvalue weighted by atomic mass is 9.84. The Hall–Kier alpha value is -1.22. The lowest BCUT2D eigenvalue weighted by molar-refractivity contribution is 0.0512. The van der Waals surface area contributed by atoms with Gasteiger partial charge in [-0.25, -0.2) is 0 Å². The van der Waals surface area contributed by atoms with E-state index in [2.05, 4.69) is 34.6 Å². The Balaban J connectivity index is 1.71. The average Bonchev–Trinajstić information content (AvgIpc) is 2.75. The van der Waals surface area contributed by atoms with Gasteiger partial charge >= 0.3 is 0 Å². The van der Waals surface area contributed by atoms with Crippen molar-refractivity contribution in [2.24, 2.45) is 17.8 Å². The van der Waals surface area contributed by atoms with Crippen molar-refractivity contribution in [3.05, 3.63) is 22.3 Å². The molecule has 4 atom stereocenters. The molecule has 0 saturated carbocycles. The van der Waals surface area contributed by atoms with Crippen LogP contribution in [0.1, 0.15) is 114 Å². The average molecular weight is 447 g/mol. The first kappa shape index (κ1) is 27.0. The third kappa shape index (κ3) is 7.40. The molecular weight excluding hydrogens is 396 g/mol. The smallest absolute Gasteiger partial charge is 0.127 e. The Morgan fingerprint density at radius 2 is 1.34 bits per heavy atom. The normalized spacial score (nSPS) is 21.0. The number of aromatic hydroxyl groups is 1. The molecular formula is C29H50O3. The van der Waals surface area contributed by atoms with Crippen LogP contribution in [0, 0.1) is 38.5 Å². The molecule has 1 aromatic rings. The van der Waals surface area contributed by atoms with E-state index in [1.54, 1.807) is 0 Å². The molecule has 3 heteroatoms. The third-order valence-electron chi connectivity index (χ3n) is 8.09. The van der Waals surface area contributed by atoms with Gasteiger partial charge in [-0.3, -0.25) is 0 Å². The van der Waals surface area contributed by atoms with Gasteiger partial charge < -0.3 is 14.9 Å². The summed E-state index contributed by atoms with van der Waals surface area (Å²) in [6.45, 7) is 15.6. The molecule has 1 heterocycles. The van der Waals surface area contributed by atoms with Crippen molar-refractivity contribution in [2.45, 2.75) is 125 Å². The molecule has 184 valence electrons. The molecule has 1 aliphatic rings. The van der Waals surface area contributed by atoms with Crippen molar-refractivity contribution < 1.29 is 14.9 Å². The van der Waals surface area contributed by atoms with Crippen LogP contribution < -0.4 is 4.74 Å². The zero-order chi connectivity index (χ0) is 23.9. The van der Waals surface area contributed by atoms with E-state index in [4.69, 9.17) is 9.84 Å². The zero-order valence-electron chi connectivity index (χ0n) is 22.0. The van der Waals surface area contributed by atoms with Crippen LogP contribution in [0.5, 0.6) is 11.5 Å². The number of rotatable bonds is 13. The predicted molar refractivity (Wildman–Crippen MR) is 136 cm³/mol. The van der Waals surface area contributed by atoms with E-state index in [0.29, 0.717) is 18.3 Å². The second-order valence-electron chi connectivity index (χ2n) is 11.3. The molecule has 0 spiro atoms. The summed E-state index contributed by atoms with van der Waals surface area (Å²) in [4.78, 5) is 0. The third-order valence-corrected chi connectivity index (χ3v) is 8.09. The molecule has 0 fully saturated rings. The lowest BCUT2D eigenvalue weighted by Crippen LogP contribution is -2.37. The summed E-state index contributed by atoms with van der Waals surface area (Å²) in [7, 11) is 0. The zero-order valence-corrected chi connectivity index (χ0v) is 22.0. The highest BCUT2D eigenvalue weighted by atomic mass is 16.5. The number of ether oxygens (including phenoxy) is 1. The predicted octanol–water partition coefficient (Wildman–Crippen LogP) is 7.81. The van der Waals surface area contributed by atoms with Crippen LogP contribution in [0.4, 0.5) is 0 Å². The highest BCUT2D eigenvalue weighted by molar-refractivity contribution is 5.58. The molecule has 0 aliphatic carbocycles. The van der Waals surface area contributed by atoms with Gasteiger partial charge in [-0.1, -0.05) is 59.3 Å². The number of fused-ring (bicyclic) bond motifs is 1. The van der Waals surface area contributed by atoms with Crippen molar-refractivity contribution >= 4 is 0 Å². The SMILES string of the molecule is Cc1c(C)c2c(c(C)c1O)CCC(C)(CCCC(C)CCCC(C)CCCC(C)CO)O2. The van der Waals surface area contributed by atoms with Gasteiger partial charge in [-0.05, 0) is 94.2 Å². The summed E-state index contributed by atoms with van der Waals surface area (Å²) in [6.07, 6.45) is 13.3. The minimum atomic E-state index is -0.0897. The maximum absolute atomic E-state index is 10.4. The molecule has 32 heavy (non-hydrogen) atoms.